The van der Waals surface area contributed by atoms with Crippen LogP contribution in [0.5, 0.6) is 0 Å². The van der Waals surface area contributed by atoms with Crippen molar-refractivity contribution in [1.29, 1.82) is 0 Å². The first kappa shape index (κ1) is 27.2. The van der Waals surface area contributed by atoms with Crippen LogP contribution in [0.25, 0.3) is 0 Å². The molecule has 5 atom stereocenters. The third-order valence-corrected chi connectivity index (χ3v) is 14.4. The van der Waals surface area contributed by atoms with Gasteiger partial charge in [0.25, 0.3) is 0 Å². The molecule has 2 bridgehead atoms. The number of rotatable bonds is 2. The molecule has 0 aromatic heterocycles. The van der Waals surface area contributed by atoms with Gasteiger partial charge in [0.1, 0.15) is 0 Å². The highest BCUT2D eigenvalue weighted by atomic mass is 35.5. The maximum atomic E-state index is 13.0. The van der Waals surface area contributed by atoms with E-state index in [2.05, 4.69) is 63.9 Å². The Labute approximate surface area is 219 Å². The van der Waals surface area contributed by atoms with Gasteiger partial charge in [-0.3, -0.25) is 4.90 Å². The van der Waals surface area contributed by atoms with Crippen molar-refractivity contribution >= 4 is 25.9 Å². The number of allylic oxidation sites excluding steroid dienone is 1. The fraction of sp³-hybridized carbons (Fsp3) is 0.759. The highest BCUT2D eigenvalue weighted by Crippen LogP contribution is 2.52. The van der Waals surface area contributed by atoms with E-state index in [9.17, 15) is 4.79 Å². The number of hydrogen-bond donors (Lipinski definition) is 0. The Morgan fingerprint density at radius 1 is 1.17 bits per heavy atom. The van der Waals surface area contributed by atoms with Gasteiger partial charge in [-0.05, 0) is 68.1 Å². The molecule has 4 nitrogen and oxygen atoms in total. The van der Waals surface area contributed by atoms with Crippen molar-refractivity contribution in [3.63, 3.8) is 0 Å². The summed E-state index contributed by atoms with van der Waals surface area (Å²) < 4.78 is 12.5. The lowest BCUT2D eigenvalue weighted by Gasteiger charge is -2.55. The van der Waals surface area contributed by atoms with Crippen LogP contribution in [0, 0.1) is 11.8 Å². The molecule has 4 aliphatic rings. The van der Waals surface area contributed by atoms with Crippen molar-refractivity contribution in [3.05, 3.63) is 34.9 Å². The van der Waals surface area contributed by atoms with E-state index in [1.807, 2.05) is 6.08 Å². The highest BCUT2D eigenvalue weighted by molar-refractivity contribution is 6.74. The number of esters is 1. The summed E-state index contributed by atoms with van der Waals surface area (Å²) in [7, 11) is -1.99. The molecule has 4 rings (SSSR count). The number of cyclic esters (lactones) is 1. The summed E-state index contributed by atoms with van der Waals surface area (Å²) in [5.74, 6) is 0.869. The van der Waals surface area contributed by atoms with E-state index in [1.165, 1.54) is 38.5 Å². The molecule has 1 saturated carbocycles. The van der Waals surface area contributed by atoms with Crippen molar-refractivity contribution in [3.8, 4) is 0 Å². The van der Waals surface area contributed by atoms with Crippen molar-refractivity contribution < 1.29 is 14.0 Å². The minimum absolute atomic E-state index is 0.115. The van der Waals surface area contributed by atoms with E-state index in [0.29, 0.717) is 35.9 Å². The summed E-state index contributed by atoms with van der Waals surface area (Å²) in [6.45, 7) is 14.8. The molecule has 0 amide bonds. The zero-order valence-electron chi connectivity index (χ0n) is 22.7. The molecule has 3 aliphatic heterocycles. The lowest BCUT2D eigenvalue weighted by Crippen LogP contribution is -2.61. The zero-order chi connectivity index (χ0) is 25.4. The maximum Gasteiger partial charge on any atom is 0.335 e. The molecular formula is C29H46ClNO3Si. The van der Waals surface area contributed by atoms with Gasteiger partial charge in [0.15, 0.2) is 8.32 Å². The molecule has 2 fully saturated rings. The minimum atomic E-state index is -1.99. The molecule has 1 aliphatic carbocycles. The highest BCUT2D eigenvalue weighted by Gasteiger charge is 2.53. The third kappa shape index (κ3) is 5.68. The van der Waals surface area contributed by atoms with Crippen LogP contribution in [-0.4, -0.2) is 50.0 Å². The van der Waals surface area contributed by atoms with Crippen LogP contribution in [0.4, 0.5) is 0 Å². The van der Waals surface area contributed by atoms with Gasteiger partial charge in [-0.2, -0.15) is 0 Å². The normalized spacial score (nSPS) is 36.8. The van der Waals surface area contributed by atoms with Crippen LogP contribution in [0.3, 0.4) is 0 Å². The van der Waals surface area contributed by atoms with Crippen molar-refractivity contribution in [2.45, 2.75) is 115 Å². The molecular weight excluding hydrogens is 474 g/mol. The second kappa shape index (κ2) is 10.5. The fourth-order valence-corrected chi connectivity index (χ4v) is 8.06. The van der Waals surface area contributed by atoms with Crippen molar-refractivity contribution in [2.75, 3.05) is 13.2 Å². The quantitative estimate of drug-likeness (QED) is 0.217. The predicted molar refractivity (Wildman–Crippen MR) is 147 cm³/mol. The Bertz CT molecular complexity index is 889. The Kier molecular flexibility index (Phi) is 8.13. The molecule has 1 unspecified atom stereocenters. The summed E-state index contributed by atoms with van der Waals surface area (Å²) in [5, 5.41) is 0.811. The van der Waals surface area contributed by atoms with E-state index < -0.39 is 8.32 Å². The Balaban J connectivity index is 1.68. The average molecular weight is 520 g/mol. The molecule has 0 aromatic carbocycles. The number of piperidine rings is 1. The van der Waals surface area contributed by atoms with E-state index in [4.69, 9.17) is 20.8 Å². The molecule has 0 aromatic rings. The lowest BCUT2D eigenvalue weighted by atomic mass is 9.70. The predicted octanol–water partition coefficient (Wildman–Crippen LogP) is 7.36. The molecule has 3 heterocycles. The number of nitrogens with zero attached hydrogens (tertiary/aromatic N) is 1. The largest absolute Gasteiger partial charge is 0.462 e. The van der Waals surface area contributed by atoms with Crippen molar-refractivity contribution in [2.24, 2.45) is 11.8 Å². The second-order valence-electron chi connectivity index (χ2n) is 12.8. The van der Waals surface area contributed by atoms with Crippen LogP contribution in [-0.2, 0) is 14.0 Å². The minimum Gasteiger partial charge on any atom is -0.462 e. The van der Waals surface area contributed by atoms with Gasteiger partial charge in [0, 0.05) is 35.2 Å². The van der Waals surface area contributed by atoms with Gasteiger partial charge in [0.2, 0.25) is 0 Å². The number of hydrogen-bond acceptors (Lipinski definition) is 4. The first-order valence-corrected chi connectivity index (χ1v) is 17.1. The standard InChI is InChI=1S/C29H46ClNO3Si/c1-21-11-14-25(34-35(5,6)28(2,3)4)19-23(30)15-18-33-27(32)22-12-13-24-9-7-16-29(31(24)20-22)17-8-10-26(21)29/h11-12,14,19,21,24-26H,7-10,13,15-18,20H2,1-6H3/b14-11?,23-19+/t21-,24+,25+,26?,29+/m0/s1. The SMILES string of the molecule is C[C@H]1C=C[C@@H](O[Si](C)(C)C(C)(C)C)/C=C(/Cl)CCOC(=O)C2=CC[C@H]3CCC[C@]4(CCCC14)N3C2. The Morgan fingerprint density at radius 3 is 2.60 bits per heavy atom. The van der Waals surface area contributed by atoms with Crippen LogP contribution >= 0.6 is 11.6 Å². The fourth-order valence-electron chi connectivity index (χ4n) is 6.67. The average Bonchev–Trinajstić information content (AvgIpc) is 3.19. The number of carbonyl (C=O) groups is 1. The first-order valence-electron chi connectivity index (χ1n) is 13.8. The Hall–Kier alpha value is -0.883. The van der Waals surface area contributed by atoms with E-state index in [0.717, 1.165) is 18.5 Å². The molecule has 6 heteroatoms. The van der Waals surface area contributed by atoms with Crippen LogP contribution < -0.4 is 0 Å². The van der Waals surface area contributed by atoms with Gasteiger partial charge >= 0.3 is 5.97 Å². The number of carbonyl (C=O) groups excluding carboxylic acids is 1. The summed E-state index contributed by atoms with van der Waals surface area (Å²) in [6, 6.07) is 0.554. The van der Waals surface area contributed by atoms with E-state index in [1.54, 1.807) is 0 Å². The van der Waals surface area contributed by atoms with Crippen LogP contribution in [0.2, 0.25) is 18.1 Å². The van der Waals surface area contributed by atoms with Gasteiger partial charge < -0.3 is 9.16 Å². The first-order chi connectivity index (χ1) is 16.4. The van der Waals surface area contributed by atoms with Crippen molar-refractivity contribution in [1.82, 2.24) is 4.90 Å². The number of halogens is 1. The van der Waals surface area contributed by atoms with Gasteiger partial charge in [-0.25, -0.2) is 4.79 Å². The van der Waals surface area contributed by atoms with Gasteiger partial charge in [0.05, 0.1) is 12.7 Å². The lowest BCUT2D eigenvalue weighted by molar-refractivity contribution is -0.140. The second-order valence-corrected chi connectivity index (χ2v) is 18.1. The van der Waals surface area contributed by atoms with Gasteiger partial charge in [-0.15, -0.1) is 0 Å². The monoisotopic (exact) mass is 519 g/mol. The molecule has 196 valence electrons. The van der Waals surface area contributed by atoms with E-state index >= 15 is 0 Å². The topological polar surface area (TPSA) is 38.8 Å². The summed E-state index contributed by atoms with van der Waals surface area (Å²) >= 11 is 6.65. The smallest absolute Gasteiger partial charge is 0.335 e. The summed E-state index contributed by atoms with van der Waals surface area (Å²) in [6.07, 6.45) is 17.7. The third-order valence-electron chi connectivity index (χ3n) is 9.61. The number of ether oxygens (including phenoxy) is 1. The van der Waals surface area contributed by atoms with E-state index in [-0.39, 0.29) is 22.7 Å². The zero-order valence-corrected chi connectivity index (χ0v) is 24.5. The molecule has 35 heavy (non-hydrogen) atoms. The molecule has 0 N–H and O–H groups in total. The maximum absolute atomic E-state index is 13.0. The molecule has 0 radical (unpaired) electrons. The van der Waals surface area contributed by atoms with Crippen LogP contribution in [0.1, 0.15) is 79.1 Å². The Morgan fingerprint density at radius 2 is 1.89 bits per heavy atom. The summed E-state index contributed by atoms with van der Waals surface area (Å²) in [5.41, 5.74) is 1.03. The summed E-state index contributed by atoms with van der Waals surface area (Å²) in [4.78, 5) is 15.7. The number of fused-ring (bicyclic) bond motifs is 1. The van der Waals surface area contributed by atoms with Gasteiger partial charge in [-0.1, -0.05) is 70.4 Å². The molecule has 1 spiro atoms. The molecule has 1 saturated heterocycles. The van der Waals surface area contributed by atoms with Crippen LogP contribution in [0.15, 0.2) is 34.9 Å².